The van der Waals surface area contributed by atoms with Gasteiger partial charge >= 0.3 is 5.97 Å². The second kappa shape index (κ2) is 11.7. The van der Waals surface area contributed by atoms with Crippen LogP contribution in [0.1, 0.15) is 11.1 Å². The maximum absolute atomic E-state index is 14.6. The van der Waals surface area contributed by atoms with E-state index in [-0.39, 0.29) is 18.1 Å². The molecule has 0 fully saturated rings. The lowest BCUT2D eigenvalue weighted by Gasteiger charge is -2.09. The maximum Gasteiger partial charge on any atom is 0.307 e. The molecule has 1 aromatic heterocycles. The van der Waals surface area contributed by atoms with Gasteiger partial charge in [0.15, 0.2) is 0 Å². The summed E-state index contributed by atoms with van der Waals surface area (Å²) in [6.07, 6.45) is 3.64. The van der Waals surface area contributed by atoms with Crippen molar-refractivity contribution in [3.8, 4) is 33.7 Å². The van der Waals surface area contributed by atoms with E-state index >= 15 is 0 Å². The van der Waals surface area contributed by atoms with Gasteiger partial charge in [0.05, 0.1) is 24.9 Å². The number of benzene rings is 4. The highest BCUT2D eigenvalue weighted by molar-refractivity contribution is 6.31. The molecule has 1 aliphatic rings. The van der Waals surface area contributed by atoms with Gasteiger partial charge in [-0.1, -0.05) is 61.2 Å². The van der Waals surface area contributed by atoms with E-state index in [9.17, 15) is 14.0 Å². The second-order valence-corrected chi connectivity index (χ2v) is 9.27. The number of carboxylic acids is 1. The summed E-state index contributed by atoms with van der Waals surface area (Å²) in [4.78, 5) is 22.1. The van der Waals surface area contributed by atoms with Crippen LogP contribution in [0.15, 0.2) is 110 Å². The second-order valence-electron chi connectivity index (χ2n) is 9.27. The first-order chi connectivity index (χ1) is 19.8. The summed E-state index contributed by atoms with van der Waals surface area (Å²) >= 11 is 0. The van der Waals surface area contributed by atoms with Crippen molar-refractivity contribution in [1.82, 2.24) is 9.78 Å². The minimum atomic E-state index is -0.848. The molecule has 0 aliphatic carbocycles. The minimum Gasteiger partial charge on any atom is -0.496 e. The fourth-order valence-corrected chi connectivity index (χ4v) is 4.55. The number of amides is 1. The molecule has 5 aromatic rings. The van der Waals surface area contributed by atoms with E-state index in [4.69, 9.17) is 9.84 Å². The van der Waals surface area contributed by atoms with Gasteiger partial charge < -0.3 is 15.2 Å². The van der Waals surface area contributed by atoms with Gasteiger partial charge in [0.25, 0.3) is 5.91 Å². The third-order valence-corrected chi connectivity index (χ3v) is 6.65. The van der Waals surface area contributed by atoms with Gasteiger partial charge in [-0.2, -0.15) is 5.10 Å². The molecule has 0 radical (unpaired) electrons. The molecule has 0 atom stereocenters. The molecule has 1 amide bonds. The number of fused-ring (bicyclic) bond motifs is 1. The van der Waals surface area contributed by atoms with E-state index in [0.29, 0.717) is 33.7 Å². The molecular formula is C33H26FN3O4. The zero-order valence-electron chi connectivity index (χ0n) is 22.2. The Labute approximate surface area is 236 Å². The van der Waals surface area contributed by atoms with E-state index in [2.05, 4.69) is 17.0 Å². The third-order valence-electron chi connectivity index (χ3n) is 6.65. The van der Waals surface area contributed by atoms with Crippen molar-refractivity contribution in [2.75, 3.05) is 12.4 Å². The third kappa shape index (κ3) is 5.91. The number of aliphatic carboxylic acids is 1. The highest BCUT2D eigenvalue weighted by Crippen LogP contribution is 2.36. The van der Waals surface area contributed by atoms with E-state index in [1.54, 1.807) is 35.1 Å². The molecule has 7 nitrogen and oxygen atoms in total. The summed E-state index contributed by atoms with van der Waals surface area (Å²) in [5.74, 6) is -0.889. The molecule has 2 heterocycles. The number of hydrogen-bond acceptors (Lipinski definition) is 4. The molecule has 2 N–H and O–H groups in total. The molecule has 6 rings (SSSR count). The fourth-order valence-electron chi connectivity index (χ4n) is 4.55. The van der Waals surface area contributed by atoms with Crippen LogP contribution < -0.4 is 10.1 Å². The number of nitrogens with one attached hydrogen (secondary N) is 1. The summed E-state index contributed by atoms with van der Waals surface area (Å²) in [5, 5.41) is 15.4. The number of anilines is 1. The Hall–Kier alpha value is -5.50. The number of carbonyl (C=O) groups is 2. The minimum absolute atomic E-state index is 0.00398. The number of carbonyl (C=O) groups excluding carboxylic acids is 1. The monoisotopic (exact) mass is 547 g/mol. The highest BCUT2D eigenvalue weighted by Gasteiger charge is 2.24. The number of rotatable bonds is 6. The van der Waals surface area contributed by atoms with Crippen LogP contribution >= 0.6 is 0 Å². The van der Waals surface area contributed by atoms with Crippen LogP contribution in [0.3, 0.4) is 0 Å². The predicted molar refractivity (Wildman–Crippen MR) is 156 cm³/mol. The normalized spacial score (nSPS) is 11.8. The van der Waals surface area contributed by atoms with Gasteiger partial charge in [-0.05, 0) is 53.1 Å². The van der Waals surface area contributed by atoms with Crippen molar-refractivity contribution in [3.63, 3.8) is 0 Å². The van der Waals surface area contributed by atoms with Crippen molar-refractivity contribution in [3.05, 3.63) is 127 Å². The number of methoxy groups -OCH3 is 1. The molecule has 1 aliphatic heterocycles. The van der Waals surface area contributed by atoms with Gasteiger partial charge in [-0.15, -0.1) is 0 Å². The predicted octanol–water partition coefficient (Wildman–Crippen LogP) is 6.63. The quantitative estimate of drug-likeness (QED) is 0.233. The van der Waals surface area contributed by atoms with Crippen molar-refractivity contribution < 1.29 is 23.8 Å². The van der Waals surface area contributed by atoms with Crippen LogP contribution in [-0.2, 0) is 16.0 Å². The van der Waals surface area contributed by atoms with Gasteiger partial charge in [0.1, 0.15) is 11.6 Å². The molecule has 41 heavy (non-hydrogen) atoms. The van der Waals surface area contributed by atoms with Crippen LogP contribution in [0.5, 0.6) is 5.75 Å². The fraction of sp³-hybridized carbons (Fsp3) is 0.0606. The first-order valence-electron chi connectivity index (χ1n) is 12.7. The molecule has 0 saturated carbocycles. The maximum atomic E-state index is 14.6. The Balaban J connectivity index is 0.000000237. The first kappa shape index (κ1) is 27.1. The lowest BCUT2D eigenvalue weighted by atomic mass is 9.97. The lowest BCUT2D eigenvalue weighted by Crippen LogP contribution is -2.02. The van der Waals surface area contributed by atoms with E-state index in [1.165, 1.54) is 13.2 Å². The zero-order chi connectivity index (χ0) is 28.9. The Kier molecular flexibility index (Phi) is 7.74. The van der Waals surface area contributed by atoms with Gasteiger partial charge in [0, 0.05) is 34.7 Å². The van der Waals surface area contributed by atoms with Gasteiger partial charge in [-0.3, -0.25) is 9.59 Å². The van der Waals surface area contributed by atoms with E-state index in [0.717, 1.165) is 22.4 Å². The molecule has 204 valence electrons. The SMILES string of the molecule is C=C1C(=O)Nc2cc(F)c(-c3ccc(-c4ccc(-n5cccn5)cc4)cc3)cc21.COc1ccccc1CC(=O)O. The van der Waals surface area contributed by atoms with E-state index in [1.807, 2.05) is 66.9 Å². The van der Waals surface area contributed by atoms with Crippen molar-refractivity contribution in [2.24, 2.45) is 0 Å². The number of aromatic nitrogens is 2. The highest BCUT2D eigenvalue weighted by atomic mass is 19.1. The Morgan fingerprint density at radius 3 is 2.24 bits per heavy atom. The lowest BCUT2D eigenvalue weighted by molar-refractivity contribution is -0.136. The number of para-hydroxylation sites is 1. The average molecular weight is 548 g/mol. The van der Waals surface area contributed by atoms with Crippen LogP contribution in [-0.4, -0.2) is 33.9 Å². The first-order valence-corrected chi connectivity index (χ1v) is 12.7. The zero-order valence-corrected chi connectivity index (χ0v) is 22.2. The standard InChI is InChI=1S/C24H16FN3O.C9H10O3/c1-15-20-13-21(22(25)14-23(20)27-24(15)29)18-5-3-16(4-6-18)17-7-9-19(10-8-17)28-12-2-11-26-28;1-12-8-5-3-2-4-7(8)6-9(10)11/h2-14H,1H2,(H,27,29);2-5H,6H2,1H3,(H,10,11). The van der Waals surface area contributed by atoms with Crippen LogP contribution in [0.4, 0.5) is 10.1 Å². The van der Waals surface area contributed by atoms with Crippen LogP contribution in [0.2, 0.25) is 0 Å². The summed E-state index contributed by atoms with van der Waals surface area (Å²) in [7, 11) is 1.53. The number of hydrogen-bond donors (Lipinski definition) is 2. The van der Waals surface area contributed by atoms with Gasteiger partial charge in [-0.25, -0.2) is 9.07 Å². The van der Waals surface area contributed by atoms with Gasteiger partial charge in [0.2, 0.25) is 0 Å². The molecule has 4 aromatic carbocycles. The average Bonchev–Trinajstić information content (AvgIpc) is 3.61. The van der Waals surface area contributed by atoms with Crippen molar-refractivity contribution in [1.29, 1.82) is 0 Å². The molecule has 0 bridgehead atoms. The summed E-state index contributed by atoms with van der Waals surface area (Å²) in [5.41, 5.74) is 6.44. The Morgan fingerprint density at radius 2 is 1.61 bits per heavy atom. The largest absolute Gasteiger partial charge is 0.496 e. The number of halogens is 1. The molecule has 0 spiro atoms. The Morgan fingerprint density at radius 1 is 0.951 bits per heavy atom. The van der Waals surface area contributed by atoms with E-state index < -0.39 is 5.97 Å². The number of carboxylic acid groups (broad SMARTS) is 1. The molecule has 8 heteroatoms. The smallest absolute Gasteiger partial charge is 0.307 e. The number of ether oxygens (including phenoxy) is 1. The summed E-state index contributed by atoms with van der Waals surface area (Å²) in [6.45, 7) is 3.78. The summed E-state index contributed by atoms with van der Waals surface area (Å²) in [6, 6.07) is 27.8. The van der Waals surface area contributed by atoms with Crippen LogP contribution in [0.25, 0.3) is 33.5 Å². The summed E-state index contributed by atoms with van der Waals surface area (Å²) < 4.78 is 21.4. The molecule has 0 saturated heterocycles. The number of nitrogens with zero attached hydrogens (tertiary/aromatic N) is 2. The van der Waals surface area contributed by atoms with Crippen molar-refractivity contribution >= 4 is 23.1 Å². The molecular weight excluding hydrogens is 521 g/mol. The molecule has 0 unspecified atom stereocenters. The Bertz CT molecular complexity index is 1730. The van der Waals surface area contributed by atoms with Crippen LogP contribution in [0, 0.1) is 5.82 Å². The topological polar surface area (TPSA) is 93.5 Å². The van der Waals surface area contributed by atoms with Crippen molar-refractivity contribution in [2.45, 2.75) is 6.42 Å².